The van der Waals surface area contributed by atoms with Gasteiger partial charge in [-0.25, -0.2) is 4.99 Å². The van der Waals surface area contributed by atoms with E-state index in [-0.39, 0.29) is 41.8 Å². The van der Waals surface area contributed by atoms with Gasteiger partial charge in [-0.05, 0) is 40.9 Å². The lowest BCUT2D eigenvalue weighted by molar-refractivity contribution is -0.145. The van der Waals surface area contributed by atoms with Crippen LogP contribution in [0.4, 0.5) is 0 Å². The van der Waals surface area contributed by atoms with E-state index in [1.54, 1.807) is 11.3 Å². The predicted octanol–water partition coefficient (Wildman–Crippen LogP) is 3.34. The van der Waals surface area contributed by atoms with Crippen LogP contribution in [0.3, 0.4) is 0 Å². The number of guanidine groups is 1. The van der Waals surface area contributed by atoms with Crippen molar-refractivity contribution >= 4 is 63.2 Å². The second-order valence-corrected chi connectivity index (χ2v) is 7.94. The summed E-state index contributed by atoms with van der Waals surface area (Å²) in [6.07, 6.45) is 0. The molecule has 1 aliphatic heterocycles. The van der Waals surface area contributed by atoms with Gasteiger partial charge in [0.1, 0.15) is 0 Å². The van der Waals surface area contributed by atoms with E-state index in [1.807, 2.05) is 6.07 Å². The summed E-state index contributed by atoms with van der Waals surface area (Å²) >= 11 is 5.16. The summed E-state index contributed by atoms with van der Waals surface area (Å²) in [6.45, 7) is 7.07. The highest BCUT2D eigenvalue weighted by Crippen LogP contribution is 2.25. The zero-order chi connectivity index (χ0) is 16.1. The second kappa shape index (κ2) is 9.83. The van der Waals surface area contributed by atoms with E-state index in [0.29, 0.717) is 13.1 Å². The van der Waals surface area contributed by atoms with Gasteiger partial charge in [-0.3, -0.25) is 4.79 Å². The van der Waals surface area contributed by atoms with Gasteiger partial charge in [0, 0.05) is 24.5 Å². The zero-order valence-electron chi connectivity index (χ0n) is 13.5. The Morgan fingerprint density at radius 1 is 1.52 bits per heavy atom. The van der Waals surface area contributed by atoms with Gasteiger partial charge >= 0.3 is 5.97 Å². The molecule has 0 saturated carbocycles. The van der Waals surface area contributed by atoms with Crippen LogP contribution in [0.25, 0.3) is 0 Å². The predicted molar refractivity (Wildman–Crippen MR) is 108 cm³/mol. The number of likely N-dealkylation sites (tertiary alicyclic amines) is 1. The summed E-state index contributed by atoms with van der Waals surface area (Å²) in [5.74, 6) is 0.926. The van der Waals surface area contributed by atoms with Gasteiger partial charge in [0.2, 0.25) is 0 Å². The lowest BCUT2D eigenvalue weighted by atomic mass is 9.99. The largest absolute Gasteiger partial charge is 0.469 e. The minimum absolute atomic E-state index is 0. The zero-order valence-corrected chi connectivity index (χ0v) is 18.3. The summed E-state index contributed by atoms with van der Waals surface area (Å²) in [4.78, 5) is 19.9. The maximum Gasteiger partial charge on any atom is 0.310 e. The Balaban J connectivity index is 0.00000264. The van der Waals surface area contributed by atoms with Crippen LogP contribution < -0.4 is 5.32 Å². The third kappa shape index (κ3) is 5.60. The van der Waals surface area contributed by atoms with Crippen molar-refractivity contribution in [3.63, 3.8) is 0 Å². The second-order valence-electron chi connectivity index (χ2n) is 5.39. The lowest BCUT2D eigenvalue weighted by Crippen LogP contribution is -2.40. The fourth-order valence-electron chi connectivity index (χ4n) is 2.61. The van der Waals surface area contributed by atoms with E-state index in [0.717, 1.165) is 22.8 Å². The average Bonchev–Trinajstić information content (AvgIpc) is 3.08. The number of thiophene rings is 1. The van der Waals surface area contributed by atoms with Crippen LogP contribution >= 0.6 is 51.2 Å². The number of methoxy groups -OCH3 is 1. The van der Waals surface area contributed by atoms with E-state index in [1.165, 1.54) is 12.0 Å². The van der Waals surface area contributed by atoms with Crippen molar-refractivity contribution in [3.05, 3.63) is 20.8 Å². The van der Waals surface area contributed by atoms with Gasteiger partial charge in [-0.2, -0.15) is 0 Å². The van der Waals surface area contributed by atoms with Crippen LogP contribution in [0.5, 0.6) is 0 Å². The summed E-state index contributed by atoms with van der Waals surface area (Å²) in [5, 5.41) is 3.32. The molecule has 2 heterocycles. The first-order valence-corrected chi connectivity index (χ1v) is 9.01. The molecule has 1 aromatic rings. The number of carbonyl (C=O) groups excluding carboxylic acids is 1. The first-order chi connectivity index (χ1) is 10.5. The normalized spacial score (nSPS) is 21.0. The fourth-order valence-corrected chi connectivity index (χ4v) is 4.02. The van der Waals surface area contributed by atoms with E-state index in [9.17, 15) is 4.79 Å². The van der Waals surface area contributed by atoms with Crippen molar-refractivity contribution in [3.8, 4) is 0 Å². The molecule has 1 fully saturated rings. The van der Waals surface area contributed by atoms with Gasteiger partial charge in [-0.1, -0.05) is 6.92 Å². The highest BCUT2D eigenvalue weighted by molar-refractivity contribution is 14.0. The van der Waals surface area contributed by atoms with E-state index < -0.39 is 0 Å². The Morgan fingerprint density at radius 3 is 2.83 bits per heavy atom. The van der Waals surface area contributed by atoms with Gasteiger partial charge in [0.15, 0.2) is 5.96 Å². The van der Waals surface area contributed by atoms with Crippen molar-refractivity contribution in [2.75, 3.05) is 26.7 Å². The Hall–Kier alpha value is -0.350. The smallest absolute Gasteiger partial charge is 0.310 e. The molecule has 1 aliphatic rings. The number of ether oxygens (including phenoxy) is 1. The number of aliphatic imine (C=N–C) groups is 1. The molecular formula is C15H23BrIN3O2S. The van der Waals surface area contributed by atoms with Gasteiger partial charge < -0.3 is 15.0 Å². The quantitative estimate of drug-likeness (QED) is 0.289. The summed E-state index contributed by atoms with van der Waals surface area (Å²) in [5.41, 5.74) is 0. The molecule has 1 saturated heterocycles. The highest BCUT2D eigenvalue weighted by atomic mass is 127. The number of hydrogen-bond acceptors (Lipinski definition) is 4. The molecule has 130 valence electrons. The Morgan fingerprint density at radius 2 is 2.26 bits per heavy atom. The fraction of sp³-hybridized carbons (Fsp3) is 0.600. The molecule has 0 aromatic carbocycles. The molecular weight excluding hydrogens is 493 g/mol. The number of rotatable bonds is 4. The molecule has 0 amide bonds. The molecule has 5 nitrogen and oxygen atoms in total. The molecule has 1 aromatic heterocycles. The van der Waals surface area contributed by atoms with Gasteiger partial charge in [-0.15, -0.1) is 35.3 Å². The molecule has 1 N–H and O–H groups in total. The minimum atomic E-state index is -0.131. The molecule has 8 heteroatoms. The van der Waals surface area contributed by atoms with Crippen molar-refractivity contribution < 1.29 is 9.53 Å². The first kappa shape index (κ1) is 20.7. The van der Waals surface area contributed by atoms with Crippen LogP contribution in [0.2, 0.25) is 0 Å². The molecule has 0 bridgehead atoms. The lowest BCUT2D eigenvalue weighted by Gasteiger charge is -2.21. The van der Waals surface area contributed by atoms with Crippen LogP contribution in [0.15, 0.2) is 20.9 Å². The molecule has 0 aliphatic carbocycles. The third-order valence-electron chi connectivity index (χ3n) is 3.76. The van der Waals surface area contributed by atoms with Crippen molar-refractivity contribution in [2.24, 2.45) is 16.8 Å². The Bertz CT molecular complexity index is 553. The standard InChI is InChI=1S/C15H22BrN3O2S.HI/c1-4-17-15(18-7-11-5-6-13(16)22-11)19-8-10(2)12(9-19)14(20)21-3;/h5-6,10,12H,4,7-9H2,1-3H3,(H,17,18);1H. The molecule has 23 heavy (non-hydrogen) atoms. The summed E-state index contributed by atoms with van der Waals surface area (Å²) in [7, 11) is 1.45. The highest BCUT2D eigenvalue weighted by Gasteiger charge is 2.36. The molecule has 0 radical (unpaired) electrons. The number of halogens is 2. The topological polar surface area (TPSA) is 53.9 Å². The molecule has 2 atom stereocenters. The van der Waals surface area contributed by atoms with Crippen molar-refractivity contribution in [2.45, 2.75) is 20.4 Å². The van der Waals surface area contributed by atoms with Gasteiger partial charge in [0.25, 0.3) is 0 Å². The van der Waals surface area contributed by atoms with E-state index in [4.69, 9.17) is 9.73 Å². The van der Waals surface area contributed by atoms with Crippen LogP contribution in [-0.4, -0.2) is 43.6 Å². The summed E-state index contributed by atoms with van der Waals surface area (Å²) in [6, 6.07) is 4.11. The SMILES string of the molecule is CCNC(=NCc1ccc(Br)s1)N1CC(C)C(C(=O)OC)C1.I. The average molecular weight is 516 g/mol. The monoisotopic (exact) mass is 515 g/mol. The number of esters is 1. The molecule has 2 rings (SSSR count). The molecule has 0 spiro atoms. The minimum Gasteiger partial charge on any atom is -0.469 e. The van der Waals surface area contributed by atoms with Crippen LogP contribution in [-0.2, 0) is 16.1 Å². The Kier molecular flexibility index (Phi) is 8.84. The van der Waals surface area contributed by atoms with Gasteiger partial charge in [0.05, 0.1) is 23.4 Å². The maximum absolute atomic E-state index is 11.8. The third-order valence-corrected chi connectivity index (χ3v) is 5.37. The number of nitrogens with one attached hydrogen (secondary N) is 1. The van der Waals surface area contributed by atoms with E-state index >= 15 is 0 Å². The molecule has 2 unspecified atom stereocenters. The Labute approximate surface area is 167 Å². The first-order valence-electron chi connectivity index (χ1n) is 7.40. The van der Waals surface area contributed by atoms with Crippen molar-refractivity contribution in [1.29, 1.82) is 0 Å². The number of hydrogen-bond donors (Lipinski definition) is 1. The van der Waals surface area contributed by atoms with Crippen LogP contribution in [0.1, 0.15) is 18.7 Å². The number of carbonyl (C=O) groups is 1. The maximum atomic E-state index is 11.8. The van der Waals surface area contributed by atoms with Crippen molar-refractivity contribution in [1.82, 2.24) is 10.2 Å². The van der Waals surface area contributed by atoms with E-state index in [2.05, 4.69) is 46.1 Å². The van der Waals surface area contributed by atoms with Crippen LogP contribution in [0, 0.1) is 11.8 Å². The number of nitrogens with zero attached hydrogens (tertiary/aromatic N) is 2. The summed E-state index contributed by atoms with van der Waals surface area (Å²) < 4.78 is 6.01.